The van der Waals surface area contributed by atoms with E-state index in [9.17, 15) is 14.4 Å². The fraction of sp³-hybridized carbons (Fsp3) is 0.762. The van der Waals surface area contributed by atoms with Crippen LogP contribution in [-0.2, 0) is 18.8 Å². The second-order valence-corrected chi connectivity index (χ2v) is 14.7. The van der Waals surface area contributed by atoms with Crippen LogP contribution in [0.4, 0.5) is 0 Å². The molecule has 0 aromatic rings. The Balaban J connectivity index is 1.73. The number of β-lactam (4-membered cyclic amide) rings is 1. The summed E-state index contributed by atoms with van der Waals surface area (Å²) in [6.07, 6.45) is 3.03. The van der Waals surface area contributed by atoms with Gasteiger partial charge in [-0.15, -0.1) is 0 Å². The van der Waals surface area contributed by atoms with Crippen molar-refractivity contribution in [1.29, 1.82) is 0 Å². The highest BCUT2D eigenvalue weighted by Gasteiger charge is 2.53. The van der Waals surface area contributed by atoms with Crippen molar-refractivity contribution in [2.24, 2.45) is 17.8 Å². The molecule has 6 nitrogen and oxygen atoms in total. The number of imide groups is 1. The largest absolute Gasteiger partial charge is 0.413 e. The van der Waals surface area contributed by atoms with E-state index >= 15 is 0 Å². The molecule has 2 saturated heterocycles. The summed E-state index contributed by atoms with van der Waals surface area (Å²) in [4.78, 5) is 38.8. The molecule has 7 heteroatoms. The van der Waals surface area contributed by atoms with Crippen LogP contribution in [0.15, 0.2) is 11.6 Å². The molecule has 0 bridgehead atoms. The summed E-state index contributed by atoms with van der Waals surface area (Å²) in [5.41, 5.74) is 1.08. The summed E-state index contributed by atoms with van der Waals surface area (Å²) < 4.78 is 6.48. The number of likely N-dealkylation sites (tertiary alicyclic amines) is 1. The second-order valence-electron chi connectivity index (χ2n) is 9.95. The molecule has 0 aromatic heterocycles. The number of hydrogen-bond acceptors (Lipinski definition) is 4. The SMILES string of the molecule is CCN1C(=O)C2CC=C([C@H]3NC(=O)[C@@H]3[C@H](C)O[Si](C)(C)C(C)(C)C)CC2C1=O. The molecule has 1 aliphatic carbocycles. The standard InChI is InChI=1S/C21H34N2O4Si/c1-8-23-19(25)14-10-9-13(11-15(14)20(23)26)17-16(18(24)22-17)12(2)27-28(6,7)21(3,4)5/h9,12,14-17H,8,10-11H2,1-7H3,(H,22,24)/t12-,14?,15?,16+,17+/m0/s1. The van der Waals surface area contributed by atoms with Crippen molar-refractivity contribution >= 4 is 26.0 Å². The van der Waals surface area contributed by atoms with Crippen molar-refractivity contribution < 1.29 is 18.8 Å². The van der Waals surface area contributed by atoms with E-state index < -0.39 is 8.32 Å². The highest BCUT2D eigenvalue weighted by molar-refractivity contribution is 6.74. The third-order valence-electron chi connectivity index (χ3n) is 7.21. The molecule has 1 N–H and O–H groups in total. The zero-order valence-corrected chi connectivity index (χ0v) is 19.2. The first kappa shape index (κ1) is 21.2. The third-order valence-corrected chi connectivity index (χ3v) is 11.8. The summed E-state index contributed by atoms with van der Waals surface area (Å²) in [6, 6.07) is -0.0909. The quantitative estimate of drug-likeness (QED) is 0.330. The van der Waals surface area contributed by atoms with E-state index in [-0.39, 0.29) is 52.7 Å². The van der Waals surface area contributed by atoms with Gasteiger partial charge >= 0.3 is 0 Å². The van der Waals surface area contributed by atoms with Gasteiger partial charge in [0.25, 0.3) is 0 Å². The fourth-order valence-electron chi connectivity index (χ4n) is 4.45. The lowest BCUT2D eigenvalue weighted by Gasteiger charge is -2.46. The van der Waals surface area contributed by atoms with Gasteiger partial charge in [-0.1, -0.05) is 32.4 Å². The van der Waals surface area contributed by atoms with E-state index in [1.165, 1.54) is 4.90 Å². The smallest absolute Gasteiger partial charge is 0.233 e. The van der Waals surface area contributed by atoms with Gasteiger partial charge in [0.2, 0.25) is 17.7 Å². The predicted molar refractivity (Wildman–Crippen MR) is 110 cm³/mol. The zero-order valence-electron chi connectivity index (χ0n) is 18.2. The Morgan fingerprint density at radius 1 is 1.21 bits per heavy atom. The molecule has 2 fully saturated rings. The van der Waals surface area contributed by atoms with Crippen molar-refractivity contribution in [2.75, 3.05) is 6.54 Å². The van der Waals surface area contributed by atoms with E-state index in [4.69, 9.17) is 4.43 Å². The monoisotopic (exact) mass is 406 g/mol. The van der Waals surface area contributed by atoms with Crippen molar-refractivity contribution in [1.82, 2.24) is 10.2 Å². The summed E-state index contributed by atoms with van der Waals surface area (Å²) in [5.74, 6) is -0.823. The lowest BCUT2D eigenvalue weighted by atomic mass is 9.73. The van der Waals surface area contributed by atoms with Gasteiger partial charge in [-0.05, 0) is 44.8 Å². The van der Waals surface area contributed by atoms with Crippen LogP contribution in [0.3, 0.4) is 0 Å². The number of amides is 3. The second kappa shape index (κ2) is 7.09. The molecule has 2 aliphatic heterocycles. The highest BCUT2D eigenvalue weighted by atomic mass is 28.4. The van der Waals surface area contributed by atoms with Gasteiger partial charge in [0.05, 0.1) is 29.9 Å². The summed E-state index contributed by atoms with van der Waals surface area (Å²) in [5, 5.41) is 3.10. The molecule has 2 heterocycles. The number of rotatable bonds is 5. The molecule has 3 rings (SSSR count). The first-order valence-corrected chi connectivity index (χ1v) is 13.3. The fourth-order valence-corrected chi connectivity index (χ4v) is 5.88. The van der Waals surface area contributed by atoms with Gasteiger partial charge in [0.1, 0.15) is 0 Å². The molecule has 0 radical (unpaired) electrons. The van der Waals surface area contributed by atoms with Gasteiger partial charge < -0.3 is 9.74 Å². The molecule has 0 aromatic carbocycles. The van der Waals surface area contributed by atoms with Crippen LogP contribution in [0.2, 0.25) is 18.1 Å². The van der Waals surface area contributed by atoms with E-state index in [1.807, 2.05) is 13.8 Å². The first-order valence-electron chi connectivity index (χ1n) is 10.4. The van der Waals surface area contributed by atoms with Crippen molar-refractivity contribution in [3.8, 4) is 0 Å². The molecule has 3 amide bonds. The highest BCUT2D eigenvalue weighted by Crippen LogP contribution is 2.43. The van der Waals surface area contributed by atoms with Gasteiger partial charge in [0, 0.05) is 6.54 Å². The third kappa shape index (κ3) is 3.36. The number of fused-ring (bicyclic) bond motifs is 1. The lowest BCUT2D eigenvalue weighted by molar-refractivity contribution is -0.140. The Kier molecular flexibility index (Phi) is 5.38. The van der Waals surface area contributed by atoms with Gasteiger partial charge in [-0.25, -0.2) is 0 Å². The van der Waals surface area contributed by atoms with Crippen molar-refractivity contribution in [3.05, 3.63) is 11.6 Å². The van der Waals surface area contributed by atoms with E-state index in [0.29, 0.717) is 19.4 Å². The molecule has 28 heavy (non-hydrogen) atoms. The topological polar surface area (TPSA) is 75.7 Å². The molecule has 0 saturated carbocycles. The van der Waals surface area contributed by atoms with Gasteiger partial charge in [-0.3, -0.25) is 19.3 Å². The van der Waals surface area contributed by atoms with E-state index in [2.05, 4.69) is 45.3 Å². The number of carbonyl (C=O) groups excluding carboxylic acids is 3. The normalized spacial score (nSPS) is 31.9. The van der Waals surface area contributed by atoms with Crippen LogP contribution in [0.25, 0.3) is 0 Å². The summed E-state index contributed by atoms with van der Waals surface area (Å²) in [7, 11) is -1.98. The summed E-state index contributed by atoms with van der Waals surface area (Å²) >= 11 is 0. The molecule has 0 spiro atoms. The van der Waals surface area contributed by atoms with Crippen LogP contribution in [0.1, 0.15) is 47.5 Å². The maximum atomic E-state index is 12.6. The number of nitrogens with one attached hydrogen (secondary N) is 1. The van der Waals surface area contributed by atoms with Crippen LogP contribution >= 0.6 is 0 Å². The van der Waals surface area contributed by atoms with Crippen molar-refractivity contribution in [3.63, 3.8) is 0 Å². The lowest BCUT2D eigenvalue weighted by Crippen LogP contribution is -2.64. The molecule has 5 atom stereocenters. The minimum Gasteiger partial charge on any atom is -0.413 e. The Bertz CT molecular complexity index is 724. The average Bonchev–Trinajstić information content (AvgIpc) is 2.81. The minimum absolute atomic E-state index is 0.0169. The maximum absolute atomic E-state index is 12.6. The predicted octanol–water partition coefficient (Wildman–Crippen LogP) is 2.85. The Morgan fingerprint density at radius 3 is 2.36 bits per heavy atom. The van der Waals surface area contributed by atoms with Crippen molar-refractivity contribution in [2.45, 2.75) is 77.7 Å². The summed E-state index contributed by atoms with van der Waals surface area (Å²) in [6.45, 7) is 15.2. The molecule has 156 valence electrons. The molecule has 2 unspecified atom stereocenters. The maximum Gasteiger partial charge on any atom is 0.233 e. The van der Waals surface area contributed by atoms with Crippen LogP contribution in [0.5, 0.6) is 0 Å². The number of carbonyl (C=O) groups is 3. The van der Waals surface area contributed by atoms with Gasteiger partial charge in [0.15, 0.2) is 8.32 Å². The van der Waals surface area contributed by atoms with E-state index in [1.54, 1.807) is 0 Å². The molecule has 3 aliphatic rings. The first-order chi connectivity index (χ1) is 12.9. The molecular weight excluding hydrogens is 372 g/mol. The number of allylic oxidation sites excluding steroid dienone is 1. The number of hydrogen-bond donors (Lipinski definition) is 1. The van der Waals surface area contributed by atoms with Crippen LogP contribution in [0, 0.1) is 17.8 Å². The zero-order chi connectivity index (χ0) is 21.0. The molecular formula is C21H34N2O4Si. The van der Waals surface area contributed by atoms with Crippen LogP contribution < -0.4 is 5.32 Å². The van der Waals surface area contributed by atoms with E-state index in [0.717, 1.165) is 5.57 Å². The minimum atomic E-state index is -1.98. The Labute approximate surface area is 169 Å². The van der Waals surface area contributed by atoms with Gasteiger partial charge in [-0.2, -0.15) is 0 Å². The Morgan fingerprint density at radius 2 is 1.82 bits per heavy atom. The Hall–Kier alpha value is -1.47. The van der Waals surface area contributed by atoms with Crippen LogP contribution in [-0.4, -0.2) is 49.6 Å². The number of nitrogens with zero attached hydrogens (tertiary/aromatic N) is 1. The average molecular weight is 407 g/mol.